The number of piperazine rings is 1. The Kier molecular flexibility index (Phi) is 5.09. The van der Waals surface area contributed by atoms with E-state index in [9.17, 15) is 0 Å². The molecular formula is C16H28N2. The Bertz CT molecular complexity index is 288. The molecule has 3 atom stereocenters. The van der Waals surface area contributed by atoms with E-state index in [2.05, 4.69) is 30.0 Å². The molecule has 1 saturated heterocycles. The highest BCUT2D eigenvalue weighted by molar-refractivity contribution is 5.03. The van der Waals surface area contributed by atoms with Crippen molar-refractivity contribution in [3.63, 3.8) is 0 Å². The first-order valence-corrected chi connectivity index (χ1v) is 7.71. The van der Waals surface area contributed by atoms with Crippen molar-refractivity contribution >= 4 is 0 Å². The Hall–Kier alpha value is -0.520. The van der Waals surface area contributed by atoms with Gasteiger partial charge < -0.3 is 5.32 Å². The van der Waals surface area contributed by atoms with E-state index in [1.807, 2.05) is 0 Å². The number of hydrogen-bond donors (Lipinski definition) is 1. The second-order valence-electron chi connectivity index (χ2n) is 6.05. The first kappa shape index (κ1) is 13.9. The Morgan fingerprint density at radius 2 is 2.06 bits per heavy atom. The second kappa shape index (κ2) is 6.59. The summed E-state index contributed by atoms with van der Waals surface area (Å²) in [6.45, 7) is 6.74. The quantitative estimate of drug-likeness (QED) is 0.773. The lowest BCUT2D eigenvalue weighted by Gasteiger charge is -2.44. The summed E-state index contributed by atoms with van der Waals surface area (Å²) >= 11 is 0. The molecule has 2 fully saturated rings. The maximum atomic E-state index is 5.69. The molecule has 0 bridgehead atoms. The maximum Gasteiger partial charge on any atom is 0.0712 e. The van der Waals surface area contributed by atoms with Gasteiger partial charge in [0.15, 0.2) is 0 Å². The summed E-state index contributed by atoms with van der Waals surface area (Å²) in [6.07, 6.45) is 13.9. The number of rotatable bonds is 3. The van der Waals surface area contributed by atoms with E-state index in [1.165, 1.54) is 32.1 Å². The minimum Gasteiger partial charge on any atom is -0.311 e. The molecule has 2 nitrogen and oxygen atoms in total. The molecule has 0 aromatic carbocycles. The van der Waals surface area contributed by atoms with Gasteiger partial charge in [-0.25, -0.2) is 0 Å². The molecule has 2 heteroatoms. The van der Waals surface area contributed by atoms with Crippen molar-refractivity contribution in [3.05, 3.63) is 0 Å². The van der Waals surface area contributed by atoms with Gasteiger partial charge in [0.2, 0.25) is 0 Å². The van der Waals surface area contributed by atoms with E-state index in [4.69, 9.17) is 6.42 Å². The molecule has 0 amide bonds. The monoisotopic (exact) mass is 248 g/mol. The van der Waals surface area contributed by atoms with Crippen molar-refractivity contribution in [2.75, 3.05) is 13.1 Å². The maximum absolute atomic E-state index is 5.69. The molecule has 2 rings (SSSR count). The summed E-state index contributed by atoms with van der Waals surface area (Å²) in [7, 11) is 0. The smallest absolute Gasteiger partial charge is 0.0712 e. The van der Waals surface area contributed by atoms with Crippen LogP contribution in [0.2, 0.25) is 0 Å². The molecule has 2 aliphatic rings. The van der Waals surface area contributed by atoms with E-state index < -0.39 is 0 Å². The molecule has 1 N–H and O–H groups in total. The highest BCUT2D eigenvalue weighted by Crippen LogP contribution is 2.29. The average Bonchev–Trinajstić information content (AvgIpc) is 2.43. The lowest BCUT2D eigenvalue weighted by Crippen LogP contribution is -2.60. The van der Waals surface area contributed by atoms with Crippen LogP contribution in [0.15, 0.2) is 0 Å². The van der Waals surface area contributed by atoms with Crippen LogP contribution in [0.1, 0.15) is 52.4 Å². The molecule has 0 radical (unpaired) electrons. The van der Waals surface area contributed by atoms with Gasteiger partial charge in [-0.2, -0.15) is 0 Å². The zero-order valence-electron chi connectivity index (χ0n) is 12.0. The van der Waals surface area contributed by atoms with Gasteiger partial charge in [-0.3, -0.25) is 4.90 Å². The fraction of sp³-hybridized carbons (Fsp3) is 0.875. The highest BCUT2D eigenvalue weighted by Gasteiger charge is 2.33. The van der Waals surface area contributed by atoms with E-state index in [1.54, 1.807) is 0 Å². The fourth-order valence-corrected chi connectivity index (χ4v) is 3.65. The molecule has 102 valence electrons. The third kappa shape index (κ3) is 3.08. The minimum atomic E-state index is 0.327. The third-order valence-electron chi connectivity index (χ3n) is 4.85. The Morgan fingerprint density at radius 1 is 1.33 bits per heavy atom. The van der Waals surface area contributed by atoms with Crippen LogP contribution in [0, 0.1) is 18.3 Å². The van der Waals surface area contributed by atoms with Crippen LogP contribution in [0.5, 0.6) is 0 Å². The normalized spacial score (nSPS) is 32.9. The van der Waals surface area contributed by atoms with Crippen LogP contribution in [0.3, 0.4) is 0 Å². The van der Waals surface area contributed by atoms with Crippen LogP contribution < -0.4 is 5.32 Å². The Balaban J connectivity index is 1.97. The van der Waals surface area contributed by atoms with Gasteiger partial charge in [-0.1, -0.05) is 32.1 Å². The zero-order chi connectivity index (χ0) is 13.0. The van der Waals surface area contributed by atoms with Gasteiger partial charge in [0.1, 0.15) is 0 Å². The minimum absolute atomic E-state index is 0.327. The number of nitrogens with one attached hydrogen (secondary N) is 1. The SMILES string of the molecule is C#CC(CC)N1CC(C2CCCCC2)NCC1C. The molecule has 18 heavy (non-hydrogen) atoms. The molecule has 1 aliphatic carbocycles. The lowest BCUT2D eigenvalue weighted by molar-refractivity contribution is 0.0836. The molecular weight excluding hydrogens is 220 g/mol. The molecule has 3 unspecified atom stereocenters. The topological polar surface area (TPSA) is 15.3 Å². The van der Waals surface area contributed by atoms with Gasteiger partial charge in [-0.15, -0.1) is 6.42 Å². The summed E-state index contributed by atoms with van der Waals surface area (Å²) in [6, 6.07) is 1.57. The average molecular weight is 248 g/mol. The summed E-state index contributed by atoms with van der Waals surface area (Å²) < 4.78 is 0. The van der Waals surface area contributed by atoms with Crippen molar-refractivity contribution in [2.24, 2.45) is 5.92 Å². The molecule has 0 aromatic heterocycles. The summed E-state index contributed by atoms with van der Waals surface area (Å²) in [5.41, 5.74) is 0. The van der Waals surface area contributed by atoms with Crippen LogP contribution in [0.4, 0.5) is 0 Å². The summed E-state index contributed by atoms with van der Waals surface area (Å²) in [5, 5.41) is 3.76. The van der Waals surface area contributed by atoms with Crippen molar-refractivity contribution in [3.8, 4) is 12.3 Å². The molecule has 1 saturated carbocycles. The van der Waals surface area contributed by atoms with E-state index in [0.29, 0.717) is 18.1 Å². The second-order valence-corrected chi connectivity index (χ2v) is 6.05. The first-order valence-electron chi connectivity index (χ1n) is 7.71. The Morgan fingerprint density at radius 3 is 2.67 bits per heavy atom. The van der Waals surface area contributed by atoms with Crippen LogP contribution in [-0.4, -0.2) is 36.1 Å². The highest BCUT2D eigenvalue weighted by atomic mass is 15.2. The lowest BCUT2D eigenvalue weighted by atomic mass is 9.82. The van der Waals surface area contributed by atoms with Gasteiger partial charge >= 0.3 is 0 Å². The number of hydrogen-bond acceptors (Lipinski definition) is 2. The molecule has 1 aliphatic heterocycles. The van der Waals surface area contributed by atoms with Crippen molar-refractivity contribution in [1.82, 2.24) is 10.2 Å². The van der Waals surface area contributed by atoms with Gasteiger partial charge in [0, 0.05) is 25.2 Å². The zero-order valence-corrected chi connectivity index (χ0v) is 12.0. The Labute approximate surface area is 113 Å². The van der Waals surface area contributed by atoms with Crippen LogP contribution >= 0.6 is 0 Å². The fourth-order valence-electron chi connectivity index (χ4n) is 3.65. The van der Waals surface area contributed by atoms with E-state index in [0.717, 1.165) is 25.4 Å². The van der Waals surface area contributed by atoms with Crippen molar-refractivity contribution in [2.45, 2.75) is 70.5 Å². The van der Waals surface area contributed by atoms with Gasteiger partial charge in [-0.05, 0) is 32.1 Å². The van der Waals surface area contributed by atoms with Gasteiger partial charge in [0.25, 0.3) is 0 Å². The van der Waals surface area contributed by atoms with Crippen molar-refractivity contribution in [1.29, 1.82) is 0 Å². The van der Waals surface area contributed by atoms with E-state index in [-0.39, 0.29) is 0 Å². The predicted octanol–water partition coefficient (Wildman–Crippen LogP) is 2.64. The molecule has 0 aromatic rings. The van der Waals surface area contributed by atoms with Crippen LogP contribution in [0.25, 0.3) is 0 Å². The number of nitrogens with zero attached hydrogens (tertiary/aromatic N) is 1. The largest absolute Gasteiger partial charge is 0.311 e. The summed E-state index contributed by atoms with van der Waals surface area (Å²) in [4.78, 5) is 2.55. The standard InChI is InChI=1S/C16H28N2/c1-4-15(5-2)18-12-16(17-11-13(18)3)14-9-7-6-8-10-14/h1,13-17H,5-12H2,2-3H3. The van der Waals surface area contributed by atoms with Crippen molar-refractivity contribution < 1.29 is 0 Å². The van der Waals surface area contributed by atoms with E-state index >= 15 is 0 Å². The predicted molar refractivity (Wildman–Crippen MR) is 77.4 cm³/mol. The summed E-state index contributed by atoms with van der Waals surface area (Å²) in [5.74, 6) is 3.85. The first-order chi connectivity index (χ1) is 8.76. The molecule has 0 spiro atoms. The number of terminal acetylenes is 1. The third-order valence-corrected chi connectivity index (χ3v) is 4.85. The van der Waals surface area contributed by atoms with Crippen LogP contribution in [-0.2, 0) is 0 Å². The van der Waals surface area contributed by atoms with Gasteiger partial charge in [0.05, 0.1) is 6.04 Å². The molecule has 1 heterocycles.